The van der Waals surface area contributed by atoms with Crippen molar-refractivity contribution in [2.45, 2.75) is 90.3 Å². The highest BCUT2D eigenvalue weighted by molar-refractivity contribution is 9.10. The molecule has 0 fully saturated rings. The van der Waals surface area contributed by atoms with Crippen molar-refractivity contribution in [3.05, 3.63) is 298 Å². The van der Waals surface area contributed by atoms with Gasteiger partial charge in [-0.25, -0.2) is 58.0 Å². The van der Waals surface area contributed by atoms with E-state index in [-0.39, 0.29) is 175 Å². The van der Waals surface area contributed by atoms with Crippen LogP contribution in [0.25, 0.3) is 42.7 Å². The van der Waals surface area contributed by atoms with Crippen LogP contribution in [-0.2, 0) is 0 Å². The van der Waals surface area contributed by atoms with E-state index in [4.69, 9.17) is 113 Å². The molecule has 0 spiro atoms. The molecule has 8 heterocycles. The zero-order chi connectivity index (χ0) is 87.0. The first-order chi connectivity index (χ1) is 56.6. The van der Waals surface area contributed by atoms with Gasteiger partial charge < -0.3 is 43.0 Å². The van der Waals surface area contributed by atoms with Gasteiger partial charge in [0.05, 0.1) is 96.4 Å². The maximum atomic E-state index is 13.2. The van der Waals surface area contributed by atoms with E-state index in [2.05, 4.69) is 129 Å². The monoisotopic (exact) mass is 1930 g/mol. The van der Waals surface area contributed by atoms with Gasteiger partial charge in [-0.3, -0.25) is 38.4 Å². The number of carbonyl (C=O) groups is 8. The Morgan fingerprint density at radius 1 is 0.374 bits per heavy atom. The van der Waals surface area contributed by atoms with Crippen molar-refractivity contribution in [1.82, 2.24) is 75.0 Å². The van der Waals surface area contributed by atoms with Gasteiger partial charge in [-0.05, 0) is 176 Å². The summed E-state index contributed by atoms with van der Waals surface area (Å²) in [6, 6.07) is 30.2. The number of primary amides is 1. The fraction of sp³-hybridized carbons (Fsp3) is 0.171. The van der Waals surface area contributed by atoms with Crippen LogP contribution in [0.5, 0.6) is 0 Å². The van der Waals surface area contributed by atoms with Crippen molar-refractivity contribution in [3.8, 4) is 23.3 Å². The lowest BCUT2D eigenvalue weighted by atomic mass is 10.0. The van der Waals surface area contributed by atoms with E-state index in [1.165, 1.54) is 99.0 Å². The molecule has 12 rings (SSSR count). The Morgan fingerprint density at radius 2 is 0.642 bits per heavy atom. The molecule has 41 heteroatoms. The van der Waals surface area contributed by atoms with Crippen LogP contribution in [0.2, 0.25) is 35.4 Å². The van der Waals surface area contributed by atoms with Crippen molar-refractivity contribution in [2.75, 3.05) is 28.3 Å². The molecule has 0 atom stereocenters. The number of halogens is 9. The van der Waals surface area contributed by atoms with Gasteiger partial charge in [-0.15, -0.1) is 0 Å². The average Bonchev–Trinajstić information content (AvgIpc) is 1.78. The number of rotatable bonds is 18. The second-order valence-corrected chi connectivity index (χ2v) is 29.6. The van der Waals surface area contributed by atoms with Crippen molar-refractivity contribution in [1.29, 1.82) is 0 Å². The predicted octanol–water partition coefficient (Wildman–Crippen LogP) is 20.6. The van der Waals surface area contributed by atoms with Crippen LogP contribution in [-0.4, -0.2) is 125 Å². The number of nitrogens with two attached hydrogens (primary N) is 1. The maximum absolute atomic E-state index is 13.2. The number of nitrogens with zero attached hydrogens (tertiary/aromatic N) is 16. The summed E-state index contributed by atoms with van der Waals surface area (Å²) in [6.07, 6.45) is 6.07. The molecule has 32 nitrogen and oxygen atoms in total. The molecule has 0 aliphatic rings. The molecule has 0 bridgehead atoms. The van der Waals surface area contributed by atoms with E-state index in [0.29, 0.717) is 47.3 Å². The molecule has 0 aliphatic carbocycles. The summed E-state index contributed by atoms with van der Waals surface area (Å²) in [5, 5.41) is 36.7. The lowest BCUT2D eigenvalue weighted by molar-refractivity contribution is 0.0934. The maximum Gasteiger partial charge on any atom is 0.274 e. The Labute approximate surface area is 759 Å². The molecule has 4 aromatic carbocycles. The number of anilines is 4. The number of carbonyl (C=O) groups excluding carboxylic acids is 8. The quantitative estimate of drug-likeness (QED) is 0.0370. The van der Waals surface area contributed by atoms with Gasteiger partial charge in [0.25, 0.3) is 41.4 Å². The Bertz CT molecular complexity index is 6050. The highest BCUT2D eigenvalue weighted by Gasteiger charge is 2.29. The van der Waals surface area contributed by atoms with Crippen molar-refractivity contribution < 1.29 is 38.4 Å². The van der Waals surface area contributed by atoms with Gasteiger partial charge in [0.2, 0.25) is 5.91 Å². The number of pyridine rings is 4. The molecule has 0 saturated heterocycles. The average molecular weight is 1930 g/mol. The summed E-state index contributed by atoms with van der Waals surface area (Å²) in [5.74, 6) is -3.37. The lowest BCUT2D eigenvalue weighted by Crippen LogP contribution is -2.31. The Balaban J connectivity index is 0.000000288. The third-order valence-electron chi connectivity index (χ3n) is 16.0. The summed E-state index contributed by atoms with van der Waals surface area (Å²) >= 11 is 49.5. The number of aromatic nitrogens is 12. The predicted molar refractivity (Wildman–Crippen MR) is 487 cm³/mol. The van der Waals surface area contributed by atoms with E-state index in [1.54, 1.807) is 93.7 Å². The number of benzene rings is 4. The Morgan fingerprint density at radius 3 is 0.927 bits per heavy atom. The van der Waals surface area contributed by atoms with E-state index in [1.807, 2.05) is 27.7 Å². The SMILES string of the molecule is C.C.C.C.[C-]#[N+]c1cc(C)c(NC(=O)c2cc(Br)nn2-c2ncccc2Cl)c(C(=O)NC(C)C)c1.[C-]#[N+]c1cc(C)c(NC(=O)c2cc(Br)nn2-c2ncccc2Cl)c(C(N)=O)c1.[C-]#[N+]c1cc(C)c(NC(=O)c2cc(Cl)nn2-c2ncccc2Cl)c(C(=O)NC(C)C)c1.[C-]#[N+]c1cc(Cl)c(NC(=O)c2cc(Cl)nn2-c2ncccc2Cl)c(C(=O)NC)c1. The van der Waals surface area contributed by atoms with Crippen LogP contribution in [0, 0.1) is 47.1 Å². The lowest BCUT2D eigenvalue weighted by Gasteiger charge is -2.16. The largest absolute Gasteiger partial charge is 0.366 e. The molecule has 12 aromatic rings. The van der Waals surface area contributed by atoms with Crippen LogP contribution < -0.4 is 43.0 Å². The van der Waals surface area contributed by atoms with Gasteiger partial charge >= 0.3 is 0 Å². The summed E-state index contributed by atoms with van der Waals surface area (Å²) < 4.78 is 5.83. The van der Waals surface area contributed by atoms with E-state index >= 15 is 0 Å². The standard InChI is InChI=1S/C21H18BrClN6O2.C21H18Cl2N6O2.C18H12BrClN6O2.C18H11Cl3N6O2.4CH4/c1-11(2)26-20(30)14-9-13(24-4)8-12(3)18(14)27-21(31)16-10-17(22)28-29(16)19-15(23)6-5-7-25-19;1-11(2)26-20(30)14-9-13(24-4)8-12(3)18(14)27-21(31)16-10-17(23)28-29(16)19-15(22)6-5-7-25-19;1-9-6-10(22-2)7-11(16(21)27)15(9)24-18(28)13-8-14(19)25-26(13)17-12(20)4-3-5-23-17;1-22-9-6-10(17(28)23-2)15(12(20)7-9)25-18(29)13-8-14(21)26-27(13)16-11(19)4-3-5-24-16;;;;/h2*5-11H,1-3H3,(H,26,30)(H,27,31);3-8H,1H3,(H2,21,27)(H,24,28);3-8H,2H3,(H,23,28)(H,25,29);4*1H4. The number of amides is 8. The highest BCUT2D eigenvalue weighted by atomic mass is 79.9. The number of aryl methyl sites for hydroxylation is 3. The van der Waals surface area contributed by atoms with Crippen LogP contribution in [0.15, 0.2) is 155 Å². The fourth-order valence-corrected chi connectivity index (χ4v) is 13.0. The van der Waals surface area contributed by atoms with Crippen molar-refractivity contribution >= 4 is 206 Å². The zero-order valence-electron chi connectivity index (χ0n) is 62.9. The van der Waals surface area contributed by atoms with Gasteiger partial charge in [0.15, 0.2) is 56.3 Å². The van der Waals surface area contributed by atoms with Crippen LogP contribution in [0.3, 0.4) is 0 Å². The minimum absolute atomic E-state index is 0. The summed E-state index contributed by atoms with van der Waals surface area (Å²) in [5.41, 5.74) is 9.79. The third-order valence-corrected chi connectivity index (χ3v) is 18.6. The molecule has 0 aliphatic heterocycles. The molecule has 9 N–H and O–H groups in total. The molecular formula is C82H75Br2Cl7N24O8. The molecule has 8 amide bonds. The minimum Gasteiger partial charge on any atom is -0.366 e. The number of nitrogens with one attached hydrogen (secondary N) is 7. The zero-order valence-corrected chi connectivity index (χ0v) is 71.4. The minimum atomic E-state index is -0.758. The normalized spacial score (nSPS) is 10.1. The first kappa shape index (κ1) is 101. The van der Waals surface area contributed by atoms with Crippen LogP contribution in [0.1, 0.15) is 157 Å². The van der Waals surface area contributed by atoms with E-state index in [9.17, 15) is 38.4 Å². The van der Waals surface area contributed by atoms with Crippen LogP contribution >= 0.6 is 113 Å². The Kier molecular flexibility index (Phi) is 36.9. The molecule has 8 aromatic heterocycles. The molecule has 0 saturated carbocycles. The second kappa shape index (κ2) is 45.1. The highest BCUT2D eigenvalue weighted by Crippen LogP contribution is 2.36. The van der Waals surface area contributed by atoms with Crippen molar-refractivity contribution in [2.24, 2.45) is 5.73 Å². The first-order valence-electron chi connectivity index (χ1n) is 34.2. The fourth-order valence-electron chi connectivity index (χ4n) is 10.9. The van der Waals surface area contributed by atoms with Gasteiger partial charge in [-0.2, -0.15) is 20.4 Å². The van der Waals surface area contributed by atoms with Crippen LogP contribution in [0.4, 0.5) is 45.5 Å². The summed E-state index contributed by atoms with van der Waals surface area (Å²) in [7, 11) is 1.42. The topological polar surface area (TPSA) is 387 Å². The number of hydrogen-bond donors (Lipinski definition) is 8. The third kappa shape index (κ3) is 24.7. The smallest absolute Gasteiger partial charge is 0.274 e. The summed E-state index contributed by atoms with van der Waals surface area (Å²) in [4.78, 5) is 132. The number of hydrogen-bond acceptors (Lipinski definition) is 16. The van der Waals surface area contributed by atoms with E-state index in [0.717, 1.165) is 0 Å². The van der Waals surface area contributed by atoms with Crippen molar-refractivity contribution in [3.63, 3.8) is 0 Å². The van der Waals surface area contributed by atoms with E-state index < -0.39 is 41.4 Å². The Hall–Kier alpha value is -13.0. The molecular weight excluding hydrogens is 1860 g/mol. The summed E-state index contributed by atoms with van der Waals surface area (Å²) in [6.45, 7) is 41.2. The molecule has 123 heavy (non-hydrogen) atoms. The van der Waals surface area contributed by atoms with Gasteiger partial charge in [0, 0.05) is 68.2 Å². The molecule has 634 valence electrons. The van der Waals surface area contributed by atoms with Gasteiger partial charge in [-0.1, -0.05) is 129 Å². The first-order valence-corrected chi connectivity index (χ1v) is 38.4. The molecule has 0 radical (unpaired) electrons. The molecule has 0 unspecified atom stereocenters. The van der Waals surface area contributed by atoms with Gasteiger partial charge in [0.1, 0.15) is 32.0 Å². The second-order valence-electron chi connectivity index (χ2n) is 25.2.